The third-order valence-corrected chi connectivity index (χ3v) is 8.70. The van der Waals surface area contributed by atoms with E-state index in [4.69, 9.17) is 0 Å². The number of rotatable bonds is 1. The Bertz CT molecular complexity index is 624. The Kier molecular flexibility index (Phi) is 4.12. The van der Waals surface area contributed by atoms with Crippen molar-refractivity contribution in [3.63, 3.8) is 0 Å². The van der Waals surface area contributed by atoms with Crippen LogP contribution in [0.15, 0.2) is 11.6 Å². The van der Waals surface area contributed by atoms with Gasteiger partial charge in [-0.1, -0.05) is 32.8 Å². The van der Waals surface area contributed by atoms with Crippen LogP contribution in [0.1, 0.15) is 78.6 Å². The molecule has 6 atom stereocenters. The van der Waals surface area contributed by atoms with Gasteiger partial charge < -0.3 is 0 Å². The highest BCUT2D eigenvalue weighted by Gasteiger charge is 2.58. The molecule has 0 aromatic heterocycles. The van der Waals surface area contributed by atoms with Gasteiger partial charge in [0.15, 0.2) is 0 Å². The van der Waals surface area contributed by atoms with Crippen LogP contribution in [0.25, 0.3) is 0 Å². The van der Waals surface area contributed by atoms with Gasteiger partial charge in [-0.15, -0.1) is 0 Å². The van der Waals surface area contributed by atoms with Gasteiger partial charge in [0.05, 0.1) is 0 Å². The van der Waals surface area contributed by atoms with Gasteiger partial charge >= 0.3 is 0 Å². The Morgan fingerprint density at radius 2 is 1.84 bits per heavy atom. The SMILES string of the molecule is CC(=O)NC(=O)C1=CC[C@H]2[C@@H]3CC[C@H]4CCCC[C@]4(C)[C@H]3CC[C@]12C. The lowest BCUT2D eigenvalue weighted by molar-refractivity contribution is -0.129. The molecule has 3 heteroatoms. The maximum Gasteiger partial charge on any atom is 0.253 e. The molecule has 0 bridgehead atoms. The van der Waals surface area contributed by atoms with Crippen LogP contribution >= 0.6 is 0 Å². The Balaban J connectivity index is 1.58. The van der Waals surface area contributed by atoms with E-state index in [9.17, 15) is 9.59 Å². The lowest BCUT2D eigenvalue weighted by Gasteiger charge is -2.60. The van der Waals surface area contributed by atoms with Gasteiger partial charge in [-0.3, -0.25) is 14.9 Å². The molecule has 0 saturated heterocycles. The van der Waals surface area contributed by atoms with E-state index in [0.717, 1.165) is 36.2 Å². The molecule has 4 rings (SSSR count). The Labute approximate surface area is 152 Å². The van der Waals surface area contributed by atoms with Gasteiger partial charge in [-0.05, 0) is 74.0 Å². The summed E-state index contributed by atoms with van der Waals surface area (Å²) in [6.45, 7) is 6.30. The highest BCUT2D eigenvalue weighted by atomic mass is 16.2. The van der Waals surface area contributed by atoms with E-state index in [2.05, 4.69) is 25.2 Å². The van der Waals surface area contributed by atoms with E-state index >= 15 is 0 Å². The highest BCUT2D eigenvalue weighted by Crippen LogP contribution is 2.66. The van der Waals surface area contributed by atoms with Gasteiger partial charge in [0.25, 0.3) is 5.91 Å². The fraction of sp³-hybridized carbons (Fsp3) is 0.818. The van der Waals surface area contributed by atoms with Crippen LogP contribution in [-0.4, -0.2) is 11.8 Å². The molecule has 0 heterocycles. The van der Waals surface area contributed by atoms with Crippen molar-refractivity contribution in [1.29, 1.82) is 0 Å². The van der Waals surface area contributed by atoms with Crippen LogP contribution in [0.3, 0.4) is 0 Å². The van der Waals surface area contributed by atoms with Gasteiger partial charge in [0, 0.05) is 17.9 Å². The summed E-state index contributed by atoms with van der Waals surface area (Å²) in [5.74, 6) is 2.74. The first-order valence-electron chi connectivity index (χ1n) is 10.4. The van der Waals surface area contributed by atoms with Gasteiger partial charge in [0.2, 0.25) is 5.91 Å². The normalized spacial score (nSPS) is 45.6. The van der Waals surface area contributed by atoms with Crippen molar-refractivity contribution in [2.24, 2.45) is 34.5 Å². The molecule has 0 aromatic carbocycles. The maximum absolute atomic E-state index is 12.6. The van der Waals surface area contributed by atoms with Crippen LogP contribution in [0, 0.1) is 34.5 Å². The Hall–Kier alpha value is -1.12. The molecule has 0 radical (unpaired) electrons. The van der Waals surface area contributed by atoms with E-state index < -0.39 is 0 Å². The molecule has 3 nitrogen and oxygen atoms in total. The smallest absolute Gasteiger partial charge is 0.253 e. The number of imide groups is 1. The predicted molar refractivity (Wildman–Crippen MR) is 98.6 cm³/mol. The number of amides is 2. The summed E-state index contributed by atoms with van der Waals surface area (Å²) in [5.41, 5.74) is 1.40. The molecular weight excluding hydrogens is 310 g/mol. The molecule has 0 spiro atoms. The minimum Gasteiger partial charge on any atom is -0.293 e. The molecule has 25 heavy (non-hydrogen) atoms. The topological polar surface area (TPSA) is 46.2 Å². The molecule has 4 aliphatic carbocycles. The van der Waals surface area contributed by atoms with Crippen molar-refractivity contribution >= 4 is 11.8 Å². The number of carbonyl (C=O) groups is 2. The number of allylic oxidation sites excluding steroid dienone is 1. The summed E-state index contributed by atoms with van der Waals surface area (Å²) < 4.78 is 0. The van der Waals surface area contributed by atoms with Crippen LogP contribution in [0.5, 0.6) is 0 Å². The molecule has 0 aliphatic heterocycles. The first-order valence-corrected chi connectivity index (χ1v) is 10.4. The number of nitrogens with one attached hydrogen (secondary N) is 1. The number of hydrogen-bond acceptors (Lipinski definition) is 2. The minimum atomic E-state index is -0.248. The molecule has 0 unspecified atom stereocenters. The first kappa shape index (κ1) is 17.3. The van der Waals surface area contributed by atoms with Crippen LogP contribution in [0.4, 0.5) is 0 Å². The molecule has 138 valence electrons. The van der Waals surface area contributed by atoms with Gasteiger partial charge in [-0.2, -0.15) is 0 Å². The summed E-state index contributed by atoms with van der Waals surface area (Å²) in [6, 6.07) is 0. The molecule has 1 N–H and O–H groups in total. The van der Waals surface area contributed by atoms with E-state index in [1.807, 2.05) is 0 Å². The first-order chi connectivity index (χ1) is 11.9. The summed E-state index contributed by atoms with van der Waals surface area (Å²) in [7, 11) is 0. The average molecular weight is 344 g/mol. The van der Waals surface area contributed by atoms with Gasteiger partial charge in [-0.25, -0.2) is 0 Å². The third-order valence-electron chi connectivity index (χ3n) is 8.70. The largest absolute Gasteiger partial charge is 0.293 e. The third kappa shape index (κ3) is 2.52. The van der Waals surface area contributed by atoms with Crippen molar-refractivity contribution in [2.45, 2.75) is 78.6 Å². The summed E-state index contributed by atoms with van der Waals surface area (Å²) in [4.78, 5) is 23.9. The van der Waals surface area contributed by atoms with Crippen LogP contribution < -0.4 is 5.32 Å². The predicted octanol–water partition coefficient (Wildman–Crippen LogP) is 4.62. The lowest BCUT2D eigenvalue weighted by Crippen LogP contribution is -2.53. The van der Waals surface area contributed by atoms with Crippen molar-refractivity contribution in [1.82, 2.24) is 5.32 Å². The summed E-state index contributed by atoms with van der Waals surface area (Å²) >= 11 is 0. The number of fused-ring (bicyclic) bond motifs is 5. The minimum absolute atomic E-state index is 0.0292. The second kappa shape index (κ2) is 5.96. The van der Waals surface area contributed by atoms with Crippen molar-refractivity contribution < 1.29 is 9.59 Å². The number of carbonyl (C=O) groups excluding carboxylic acids is 2. The monoisotopic (exact) mass is 343 g/mol. The van der Waals surface area contributed by atoms with E-state index in [0.29, 0.717) is 11.3 Å². The zero-order chi connectivity index (χ0) is 17.8. The van der Waals surface area contributed by atoms with Crippen LogP contribution in [-0.2, 0) is 9.59 Å². The fourth-order valence-electron chi connectivity index (χ4n) is 7.44. The standard InChI is InChI=1S/C22H33NO2/c1-14(24)23-20(25)19-10-9-17-16-8-7-15-6-4-5-12-21(15,2)18(16)11-13-22(17,19)3/h10,15-18H,4-9,11-13H2,1-3H3,(H,23,24,25)/t15-,16+,17+,18+,21+,22+/m1/s1. The molecule has 3 saturated carbocycles. The molecule has 4 aliphatic rings. The number of hydrogen-bond donors (Lipinski definition) is 1. The quantitative estimate of drug-likeness (QED) is 0.755. The van der Waals surface area contributed by atoms with Crippen molar-refractivity contribution in [2.75, 3.05) is 0 Å². The second-order valence-corrected chi connectivity index (χ2v) is 9.72. The zero-order valence-corrected chi connectivity index (χ0v) is 16.1. The summed E-state index contributed by atoms with van der Waals surface area (Å²) in [5, 5.41) is 2.52. The van der Waals surface area contributed by atoms with E-state index in [-0.39, 0.29) is 17.2 Å². The molecule has 0 aromatic rings. The molecular formula is C22H33NO2. The fourth-order valence-corrected chi connectivity index (χ4v) is 7.44. The Morgan fingerprint density at radius 3 is 2.60 bits per heavy atom. The lowest BCUT2D eigenvalue weighted by atomic mass is 9.45. The Morgan fingerprint density at radius 1 is 1.04 bits per heavy atom. The van der Waals surface area contributed by atoms with Gasteiger partial charge in [0.1, 0.15) is 0 Å². The average Bonchev–Trinajstić information content (AvgIpc) is 2.91. The van der Waals surface area contributed by atoms with Crippen molar-refractivity contribution in [3.8, 4) is 0 Å². The molecule has 2 amide bonds. The maximum atomic E-state index is 12.6. The second-order valence-electron chi connectivity index (χ2n) is 9.72. The zero-order valence-electron chi connectivity index (χ0n) is 16.1. The summed E-state index contributed by atoms with van der Waals surface area (Å²) in [6.07, 6.45) is 14.0. The van der Waals surface area contributed by atoms with Crippen LogP contribution in [0.2, 0.25) is 0 Å². The van der Waals surface area contributed by atoms with E-state index in [1.54, 1.807) is 0 Å². The highest BCUT2D eigenvalue weighted by molar-refractivity contribution is 6.04. The van der Waals surface area contributed by atoms with Crippen molar-refractivity contribution in [3.05, 3.63) is 11.6 Å². The molecule has 3 fully saturated rings. The van der Waals surface area contributed by atoms with E-state index in [1.165, 1.54) is 51.9 Å².